The van der Waals surface area contributed by atoms with Gasteiger partial charge in [0.1, 0.15) is 0 Å². The van der Waals surface area contributed by atoms with E-state index in [9.17, 15) is 0 Å². The second-order valence-corrected chi connectivity index (χ2v) is 4.12. The van der Waals surface area contributed by atoms with Crippen molar-refractivity contribution in [3.8, 4) is 11.5 Å². The van der Waals surface area contributed by atoms with Crippen LogP contribution in [0.3, 0.4) is 0 Å². The van der Waals surface area contributed by atoms with Gasteiger partial charge in [-0.3, -0.25) is 0 Å². The van der Waals surface area contributed by atoms with Crippen molar-refractivity contribution in [1.29, 1.82) is 0 Å². The Hall–Kier alpha value is -1.42. The third-order valence-corrected chi connectivity index (χ3v) is 2.74. The molecule has 0 spiro atoms. The predicted molar refractivity (Wildman–Crippen MR) is 63.9 cm³/mol. The van der Waals surface area contributed by atoms with Crippen molar-refractivity contribution in [3.63, 3.8) is 0 Å². The van der Waals surface area contributed by atoms with Crippen LogP contribution in [0.2, 0.25) is 0 Å². The van der Waals surface area contributed by atoms with E-state index in [4.69, 9.17) is 15.2 Å². The van der Waals surface area contributed by atoms with Gasteiger partial charge in [0.15, 0.2) is 11.5 Å². The van der Waals surface area contributed by atoms with Gasteiger partial charge in [0, 0.05) is 18.3 Å². The Kier molecular flexibility index (Phi) is 3.51. The van der Waals surface area contributed by atoms with Crippen LogP contribution in [0.25, 0.3) is 0 Å². The molecule has 1 atom stereocenters. The highest BCUT2D eigenvalue weighted by Crippen LogP contribution is 2.34. The molecule has 1 aliphatic heterocycles. The number of nitrogens with two attached hydrogens (primary N) is 1. The smallest absolute Gasteiger partial charge is 0.231 e. The van der Waals surface area contributed by atoms with Crippen molar-refractivity contribution in [2.75, 3.05) is 25.2 Å². The lowest BCUT2D eigenvalue weighted by molar-refractivity contribution is 0.174. The number of hydrogen-bond acceptors (Lipinski definition) is 4. The van der Waals surface area contributed by atoms with Gasteiger partial charge in [0.25, 0.3) is 0 Å². The van der Waals surface area contributed by atoms with E-state index in [1.54, 1.807) is 0 Å². The van der Waals surface area contributed by atoms with Crippen LogP contribution in [0.5, 0.6) is 11.5 Å². The summed E-state index contributed by atoms with van der Waals surface area (Å²) in [6.07, 6.45) is 1.07. The topological polar surface area (TPSA) is 56.5 Å². The summed E-state index contributed by atoms with van der Waals surface area (Å²) < 4.78 is 10.6. The van der Waals surface area contributed by atoms with Gasteiger partial charge in [0.05, 0.1) is 0 Å². The van der Waals surface area contributed by atoms with E-state index in [2.05, 4.69) is 12.2 Å². The number of ether oxygens (including phenoxy) is 2. The van der Waals surface area contributed by atoms with Gasteiger partial charge >= 0.3 is 0 Å². The zero-order valence-electron chi connectivity index (χ0n) is 9.53. The molecule has 0 bridgehead atoms. The monoisotopic (exact) mass is 222 g/mol. The Morgan fingerprint density at radius 1 is 1.38 bits per heavy atom. The Morgan fingerprint density at radius 2 is 2.19 bits per heavy atom. The van der Waals surface area contributed by atoms with Gasteiger partial charge in [-0.15, -0.1) is 0 Å². The van der Waals surface area contributed by atoms with Gasteiger partial charge in [-0.2, -0.15) is 0 Å². The first-order chi connectivity index (χ1) is 7.79. The number of hydrogen-bond donors (Lipinski definition) is 2. The second-order valence-electron chi connectivity index (χ2n) is 4.12. The summed E-state index contributed by atoms with van der Waals surface area (Å²) in [5.41, 5.74) is 6.62. The third kappa shape index (κ3) is 2.58. The molecule has 1 heterocycles. The minimum atomic E-state index is 0.322. The van der Waals surface area contributed by atoms with E-state index in [-0.39, 0.29) is 0 Å². The summed E-state index contributed by atoms with van der Waals surface area (Å²) in [6, 6.07) is 5.90. The molecule has 1 unspecified atom stereocenters. The van der Waals surface area contributed by atoms with Crippen LogP contribution in [0, 0.1) is 5.92 Å². The lowest BCUT2D eigenvalue weighted by Crippen LogP contribution is -2.14. The summed E-state index contributed by atoms with van der Waals surface area (Å²) >= 11 is 0. The molecule has 16 heavy (non-hydrogen) atoms. The predicted octanol–water partition coefficient (Wildman–Crippen LogP) is 1.81. The van der Waals surface area contributed by atoms with Crippen molar-refractivity contribution in [1.82, 2.24) is 0 Å². The van der Waals surface area contributed by atoms with Gasteiger partial charge in [0.2, 0.25) is 6.79 Å². The molecule has 0 saturated heterocycles. The number of nitrogens with one attached hydrogen (secondary N) is 1. The molecule has 1 aliphatic rings. The van der Waals surface area contributed by atoms with Crippen LogP contribution in [-0.4, -0.2) is 19.9 Å². The van der Waals surface area contributed by atoms with Crippen LogP contribution < -0.4 is 20.5 Å². The fraction of sp³-hybridized carbons (Fsp3) is 0.500. The number of anilines is 1. The molecule has 0 saturated carbocycles. The van der Waals surface area contributed by atoms with E-state index in [1.165, 1.54) is 0 Å². The highest BCUT2D eigenvalue weighted by Gasteiger charge is 2.12. The van der Waals surface area contributed by atoms with Crippen molar-refractivity contribution < 1.29 is 9.47 Å². The van der Waals surface area contributed by atoms with Crippen molar-refractivity contribution in [2.45, 2.75) is 13.3 Å². The first kappa shape index (κ1) is 11.1. The van der Waals surface area contributed by atoms with Gasteiger partial charge in [-0.25, -0.2) is 0 Å². The molecule has 1 aromatic carbocycles. The minimum Gasteiger partial charge on any atom is -0.454 e. The summed E-state index contributed by atoms with van der Waals surface area (Å²) in [7, 11) is 0. The Labute approximate surface area is 95.7 Å². The zero-order chi connectivity index (χ0) is 11.4. The summed E-state index contributed by atoms with van der Waals surface area (Å²) in [5, 5.41) is 3.35. The minimum absolute atomic E-state index is 0.322. The molecule has 4 nitrogen and oxygen atoms in total. The normalized spacial score (nSPS) is 14.9. The molecule has 0 radical (unpaired) electrons. The molecular formula is C12H18N2O2. The Balaban J connectivity index is 1.86. The van der Waals surface area contributed by atoms with E-state index < -0.39 is 0 Å². The van der Waals surface area contributed by atoms with Gasteiger partial charge < -0.3 is 20.5 Å². The highest BCUT2D eigenvalue weighted by molar-refractivity contribution is 5.55. The highest BCUT2D eigenvalue weighted by atomic mass is 16.7. The Bertz CT molecular complexity index is 355. The first-order valence-electron chi connectivity index (χ1n) is 5.63. The Morgan fingerprint density at radius 3 is 3.00 bits per heavy atom. The molecular weight excluding hydrogens is 204 g/mol. The molecule has 88 valence electrons. The molecule has 0 amide bonds. The third-order valence-electron chi connectivity index (χ3n) is 2.74. The summed E-state index contributed by atoms with van der Waals surface area (Å²) in [6.45, 7) is 4.14. The maximum atomic E-state index is 5.56. The molecule has 0 aliphatic carbocycles. The molecule has 1 aromatic rings. The number of rotatable bonds is 5. The van der Waals surface area contributed by atoms with E-state index >= 15 is 0 Å². The van der Waals surface area contributed by atoms with E-state index in [0.717, 1.165) is 36.7 Å². The van der Waals surface area contributed by atoms with Crippen LogP contribution >= 0.6 is 0 Å². The van der Waals surface area contributed by atoms with Gasteiger partial charge in [-0.1, -0.05) is 6.92 Å². The molecule has 0 aromatic heterocycles. The van der Waals surface area contributed by atoms with E-state index in [1.807, 2.05) is 18.2 Å². The van der Waals surface area contributed by atoms with Crippen LogP contribution in [0.1, 0.15) is 13.3 Å². The largest absolute Gasteiger partial charge is 0.454 e. The average Bonchev–Trinajstić information content (AvgIpc) is 2.76. The average molecular weight is 222 g/mol. The van der Waals surface area contributed by atoms with Crippen LogP contribution in [-0.2, 0) is 0 Å². The molecule has 4 heteroatoms. The number of benzene rings is 1. The van der Waals surface area contributed by atoms with Crippen LogP contribution in [0.15, 0.2) is 18.2 Å². The lowest BCUT2D eigenvalue weighted by Gasteiger charge is -2.10. The maximum Gasteiger partial charge on any atom is 0.231 e. The fourth-order valence-corrected chi connectivity index (χ4v) is 1.59. The molecule has 0 fully saturated rings. The van der Waals surface area contributed by atoms with Crippen molar-refractivity contribution in [2.24, 2.45) is 11.7 Å². The quantitative estimate of drug-likeness (QED) is 0.797. The maximum absolute atomic E-state index is 5.56. The summed E-state index contributed by atoms with van der Waals surface area (Å²) in [5.74, 6) is 2.19. The fourth-order valence-electron chi connectivity index (χ4n) is 1.59. The zero-order valence-corrected chi connectivity index (χ0v) is 9.53. The van der Waals surface area contributed by atoms with Crippen molar-refractivity contribution in [3.05, 3.63) is 18.2 Å². The number of fused-ring (bicyclic) bond motifs is 1. The SMILES string of the molecule is CC(CN)CCNc1ccc2c(c1)OCO2. The van der Waals surface area contributed by atoms with Crippen LogP contribution in [0.4, 0.5) is 5.69 Å². The standard InChI is InChI=1S/C12H18N2O2/c1-9(7-13)4-5-14-10-2-3-11-12(6-10)16-8-15-11/h2-3,6,9,14H,4-5,7-8,13H2,1H3. The van der Waals surface area contributed by atoms with E-state index in [0.29, 0.717) is 12.7 Å². The van der Waals surface area contributed by atoms with Gasteiger partial charge in [-0.05, 0) is 31.0 Å². The van der Waals surface area contributed by atoms with Crippen molar-refractivity contribution >= 4 is 5.69 Å². The molecule has 3 N–H and O–H groups in total. The second kappa shape index (κ2) is 5.07. The first-order valence-corrected chi connectivity index (χ1v) is 5.63. The molecule has 2 rings (SSSR count). The summed E-state index contributed by atoms with van der Waals surface area (Å²) in [4.78, 5) is 0. The lowest BCUT2D eigenvalue weighted by atomic mass is 10.1.